The molecular weight excluding hydrogens is 233 g/mol. The largest absolute Gasteiger partial charge is 0.329 e. The van der Waals surface area contributed by atoms with Crippen molar-refractivity contribution in [2.24, 2.45) is 5.73 Å². The van der Waals surface area contributed by atoms with Gasteiger partial charge in [0.1, 0.15) is 11.2 Å². The number of nitrogens with zero attached hydrogens (tertiary/aromatic N) is 2. The molecule has 0 aliphatic rings. The predicted octanol–water partition coefficient (Wildman–Crippen LogP) is 1.15. The van der Waals surface area contributed by atoms with E-state index in [1.165, 1.54) is 12.1 Å². The standard InChI is InChI=1S/C10H9ClFN3O/c11-10-14-7-3-1-2-6(12)8(7)9(16)15(10)5-4-13/h1-3H,4-5,13H2. The van der Waals surface area contributed by atoms with Crippen molar-refractivity contribution >= 4 is 22.5 Å². The molecule has 0 aliphatic carbocycles. The van der Waals surface area contributed by atoms with E-state index in [2.05, 4.69) is 4.98 Å². The predicted molar refractivity (Wildman–Crippen MR) is 60.0 cm³/mol. The van der Waals surface area contributed by atoms with E-state index in [1.807, 2.05) is 0 Å². The molecule has 84 valence electrons. The SMILES string of the molecule is NCCn1c(Cl)nc2cccc(F)c2c1=O. The minimum Gasteiger partial charge on any atom is -0.329 e. The normalized spacial score (nSPS) is 10.9. The molecular formula is C10H9ClFN3O. The Morgan fingerprint density at radius 2 is 2.25 bits per heavy atom. The summed E-state index contributed by atoms with van der Waals surface area (Å²) in [6, 6.07) is 4.23. The highest BCUT2D eigenvalue weighted by molar-refractivity contribution is 6.28. The zero-order chi connectivity index (χ0) is 11.7. The molecule has 0 spiro atoms. The van der Waals surface area contributed by atoms with E-state index in [1.54, 1.807) is 6.07 Å². The molecule has 0 fully saturated rings. The maximum absolute atomic E-state index is 13.5. The summed E-state index contributed by atoms with van der Waals surface area (Å²) in [5.41, 5.74) is 5.09. The number of halogens is 2. The molecule has 2 aromatic rings. The molecule has 1 aromatic heterocycles. The van der Waals surface area contributed by atoms with Crippen molar-refractivity contribution in [3.05, 3.63) is 39.7 Å². The fraction of sp³-hybridized carbons (Fsp3) is 0.200. The van der Waals surface area contributed by atoms with Crippen LogP contribution in [-0.4, -0.2) is 16.1 Å². The number of rotatable bonds is 2. The lowest BCUT2D eigenvalue weighted by Crippen LogP contribution is -2.26. The van der Waals surface area contributed by atoms with Crippen LogP contribution >= 0.6 is 11.6 Å². The highest BCUT2D eigenvalue weighted by Crippen LogP contribution is 2.14. The molecule has 0 radical (unpaired) electrons. The zero-order valence-corrected chi connectivity index (χ0v) is 9.04. The van der Waals surface area contributed by atoms with Gasteiger partial charge in [0.15, 0.2) is 0 Å². The van der Waals surface area contributed by atoms with Crippen LogP contribution in [0.4, 0.5) is 4.39 Å². The Labute approximate surface area is 95.5 Å². The first-order chi connectivity index (χ1) is 7.65. The average molecular weight is 242 g/mol. The van der Waals surface area contributed by atoms with Crippen molar-refractivity contribution in [2.45, 2.75) is 6.54 Å². The maximum Gasteiger partial charge on any atom is 0.265 e. The van der Waals surface area contributed by atoms with Gasteiger partial charge in [0, 0.05) is 13.1 Å². The molecule has 6 heteroatoms. The zero-order valence-electron chi connectivity index (χ0n) is 8.28. The van der Waals surface area contributed by atoms with Gasteiger partial charge in [-0.1, -0.05) is 6.07 Å². The molecule has 0 saturated carbocycles. The fourth-order valence-corrected chi connectivity index (χ4v) is 1.77. The number of benzene rings is 1. The first-order valence-corrected chi connectivity index (χ1v) is 5.07. The highest BCUT2D eigenvalue weighted by atomic mass is 35.5. The van der Waals surface area contributed by atoms with Crippen LogP contribution in [0.2, 0.25) is 5.28 Å². The van der Waals surface area contributed by atoms with Crippen molar-refractivity contribution < 1.29 is 4.39 Å². The van der Waals surface area contributed by atoms with Crippen molar-refractivity contribution in [2.75, 3.05) is 6.54 Å². The maximum atomic E-state index is 13.5. The number of hydrogen-bond donors (Lipinski definition) is 1. The van der Waals surface area contributed by atoms with Gasteiger partial charge in [-0.15, -0.1) is 0 Å². The summed E-state index contributed by atoms with van der Waals surface area (Å²) < 4.78 is 14.6. The van der Waals surface area contributed by atoms with E-state index in [9.17, 15) is 9.18 Å². The number of aromatic nitrogens is 2. The Morgan fingerprint density at radius 1 is 1.50 bits per heavy atom. The summed E-state index contributed by atoms with van der Waals surface area (Å²) >= 11 is 5.81. The molecule has 0 amide bonds. The van der Waals surface area contributed by atoms with E-state index in [-0.39, 0.29) is 29.3 Å². The third-order valence-electron chi connectivity index (χ3n) is 2.24. The second-order valence-corrected chi connectivity index (χ2v) is 3.60. The van der Waals surface area contributed by atoms with Gasteiger partial charge in [-0.2, -0.15) is 0 Å². The minimum atomic E-state index is -0.600. The number of nitrogens with two attached hydrogens (primary N) is 1. The summed E-state index contributed by atoms with van der Waals surface area (Å²) in [5, 5.41) is -0.0334. The molecule has 0 aliphatic heterocycles. The number of fused-ring (bicyclic) bond motifs is 1. The van der Waals surface area contributed by atoms with Crippen LogP contribution in [0.1, 0.15) is 0 Å². The van der Waals surface area contributed by atoms with Crippen LogP contribution in [0.15, 0.2) is 23.0 Å². The molecule has 0 saturated heterocycles. The lowest BCUT2D eigenvalue weighted by molar-refractivity contribution is 0.629. The second-order valence-electron chi connectivity index (χ2n) is 3.26. The summed E-state index contributed by atoms with van der Waals surface area (Å²) in [6.07, 6.45) is 0. The summed E-state index contributed by atoms with van der Waals surface area (Å²) in [5.74, 6) is -0.600. The lowest BCUT2D eigenvalue weighted by Gasteiger charge is -2.07. The lowest BCUT2D eigenvalue weighted by atomic mass is 10.2. The molecule has 4 nitrogen and oxygen atoms in total. The first-order valence-electron chi connectivity index (χ1n) is 4.70. The molecule has 1 heterocycles. The van der Waals surface area contributed by atoms with Crippen molar-refractivity contribution in [1.29, 1.82) is 0 Å². The Balaban J connectivity index is 2.86. The van der Waals surface area contributed by atoms with Crippen LogP contribution in [-0.2, 0) is 6.54 Å². The third-order valence-corrected chi connectivity index (χ3v) is 2.53. The molecule has 1 aromatic carbocycles. The Bertz CT molecular complexity index is 596. The van der Waals surface area contributed by atoms with Crippen LogP contribution < -0.4 is 11.3 Å². The van der Waals surface area contributed by atoms with Crippen LogP contribution in [0.3, 0.4) is 0 Å². The van der Waals surface area contributed by atoms with Crippen LogP contribution in [0.25, 0.3) is 10.9 Å². The van der Waals surface area contributed by atoms with Gasteiger partial charge in [0.05, 0.1) is 5.52 Å². The van der Waals surface area contributed by atoms with E-state index in [4.69, 9.17) is 17.3 Å². The fourth-order valence-electron chi connectivity index (χ4n) is 1.52. The topological polar surface area (TPSA) is 60.9 Å². The Kier molecular flexibility index (Phi) is 2.89. The average Bonchev–Trinajstić information content (AvgIpc) is 2.24. The Morgan fingerprint density at radius 3 is 2.94 bits per heavy atom. The third kappa shape index (κ3) is 1.68. The van der Waals surface area contributed by atoms with Crippen LogP contribution in [0, 0.1) is 5.82 Å². The molecule has 0 atom stereocenters. The smallest absolute Gasteiger partial charge is 0.265 e. The Hall–Kier alpha value is -1.46. The quantitative estimate of drug-likeness (QED) is 0.803. The minimum absolute atomic E-state index is 0.0218. The van der Waals surface area contributed by atoms with Gasteiger partial charge in [-0.05, 0) is 23.7 Å². The van der Waals surface area contributed by atoms with Crippen molar-refractivity contribution in [3.8, 4) is 0 Å². The van der Waals surface area contributed by atoms with Crippen LogP contribution in [0.5, 0.6) is 0 Å². The molecule has 0 unspecified atom stereocenters. The van der Waals surface area contributed by atoms with Gasteiger partial charge in [-0.25, -0.2) is 9.37 Å². The van der Waals surface area contributed by atoms with Gasteiger partial charge >= 0.3 is 0 Å². The number of hydrogen-bond acceptors (Lipinski definition) is 3. The van der Waals surface area contributed by atoms with Crippen molar-refractivity contribution in [3.63, 3.8) is 0 Å². The van der Waals surface area contributed by atoms with E-state index in [0.29, 0.717) is 0 Å². The van der Waals surface area contributed by atoms with Gasteiger partial charge in [0.25, 0.3) is 5.56 Å². The van der Waals surface area contributed by atoms with Gasteiger partial charge in [0.2, 0.25) is 5.28 Å². The van der Waals surface area contributed by atoms with Gasteiger partial charge in [-0.3, -0.25) is 9.36 Å². The van der Waals surface area contributed by atoms with E-state index >= 15 is 0 Å². The molecule has 2 rings (SSSR count). The molecule has 2 N–H and O–H groups in total. The molecule has 16 heavy (non-hydrogen) atoms. The highest BCUT2D eigenvalue weighted by Gasteiger charge is 2.11. The summed E-state index contributed by atoms with van der Waals surface area (Å²) in [4.78, 5) is 15.9. The van der Waals surface area contributed by atoms with E-state index in [0.717, 1.165) is 4.57 Å². The summed E-state index contributed by atoms with van der Waals surface area (Å²) in [7, 11) is 0. The van der Waals surface area contributed by atoms with E-state index < -0.39 is 11.4 Å². The van der Waals surface area contributed by atoms with Crippen molar-refractivity contribution in [1.82, 2.24) is 9.55 Å². The second kappa shape index (κ2) is 4.19. The first kappa shape index (κ1) is 11.0. The van der Waals surface area contributed by atoms with Gasteiger partial charge < -0.3 is 5.73 Å². The summed E-state index contributed by atoms with van der Waals surface area (Å²) in [6.45, 7) is 0.455. The monoisotopic (exact) mass is 241 g/mol. The molecule has 0 bridgehead atoms.